The van der Waals surface area contributed by atoms with Crippen molar-refractivity contribution in [1.82, 2.24) is 9.88 Å². The maximum Gasteiger partial charge on any atom is 0.229 e. The van der Waals surface area contributed by atoms with E-state index in [0.717, 1.165) is 49.6 Å². The van der Waals surface area contributed by atoms with E-state index in [-0.39, 0.29) is 11.8 Å². The van der Waals surface area contributed by atoms with Gasteiger partial charge in [0.1, 0.15) is 12.4 Å². The Hall–Kier alpha value is -2.56. The van der Waals surface area contributed by atoms with Crippen molar-refractivity contribution >= 4 is 11.6 Å². The maximum atomic E-state index is 12.9. The fourth-order valence-electron chi connectivity index (χ4n) is 3.66. The highest BCUT2D eigenvalue weighted by molar-refractivity contribution is 5.80. The van der Waals surface area contributed by atoms with Gasteiger partial charge in [-0.3, -0.25) is 9.78 Å². The minimum atomic E-state index is -0.0652. The van der Waals surface area contributed by atoms with E-state index in [9.17, 15) is 4.79 Å². The second-order valence-electron chi connectivity index (χ2n) is 6.79. The quantitative estimate of drug-likeness (QED) is 0.843. The Morgan fingerprint density at radius 2 is 1.96 bits per heavy atom. The van der Waals surface area contributed by atoms with Crippen LogP contribution in [0.4, 0.5) is 5.69 Å². The van der Waals surface area contributed by atoms with Crippen LogP contribution in [0.5, 0.6) is 5.75 Å². The Morgan fingerprint density at radius 1 is 1.16 bits per heavy atom. The summed E-state index contributed by atoms with van der Waals surface area (Å²) in [6.07, 6.45) is 2.62. The third-order valence-corrected chi connectivity index (χ3v) is 5.06. The van der Waals surface area contributed by atoms with Crippen molar-refractivity contribution in [2.24, 2.45) is 5.92 Å². The van der Waals surface area contributed by atoms with E-state index in [1.165, 1.54) is 5.69 Å². The summed E-state index contributed by atoms with van der Waals surface area (Å²) < 4.78 is 5.79. The number of rotatable bonds is 2. The number of hydrogen-bond acceptors (Lipinski definition) is 4. The second kappa shape index (κ2) is 6.75. The molecule has 2 aromatic rings. The van der Waals surface area contributed by atoms with Crippen LogP contribution in [-0.4, -0.2) is 48.6 Å². The Balaban J connectivity index is 1.37. The van der Waals surface area contributed by atoms with Gasteiger partial charge in [0.15, 0.2) is 0 Å². The summed E-state index contributed by atoms with van der Waals surface area (Å²) in [6, 6.07) is 12.1. The van der Waals surface area contributed by atoms with Crippen molar-refractivity contribution in [1.29, 1.82) is 0 Å². The van der Waals surface area contributed by atoms with E-state index in [1.54, 1.807) is 0 Å². The van der Waals surface area contributed by atoms with E-state index in [2.05, 4.69) is 22.0 Å². The highest BCUT2D eigenvalue weighted by Crippen LogP contribution is 2.28. The van der Waals surface area contributed by atoms with Gasteiger partial charge in [0.05, 0.1) is 5.92 Å². The van der Waals surface area contributed by atoms with Gasteiger partial charge in [0.25, 0.3) is 0 Å². The van der Waals surface area contributed by atoms with Gasteiger partial charge < -0.3 is 14.5 Å². The predicted octanol–water partition coefficient (Wildman–Crippen LogP) is 2.29. The molecule has 1 atom stereocenters. The smallest absolute Gasteiger partial charge is 0.229 e. The van der Waals surface area contributed by atoms with Gasteiger partial charge in [-0.15, -0.1) is 0 Å². The average molecular weight is 337 g/mol. The summed E-state index contributed by atoms with van der Waals surface area (Å²) in [7, 11) is 0. The molecule has 2 aliphatic rings. The van der Waals surface area contributed by atoms with E-state index < -0.39 is 0 Å². The number of carbonyl (C=O) groups is 1. The van der Waals surface area contributed by atoms with Crippen LogP contribution in [0, 0.1) is 12.8 Å². The lowest BCUT2D eigenvalue weighted by molar-refractivity contribution is -0.137. The van der Waals surface area contributed by atoms with Crippen molar-refractivity contribution in [3.63, 3.8) is 0 Å². The van der Waals surface area contributed by atoms with E-state index >= 15 is 0 Å². The maximum absolute atomic E-state index is 12.9. The largest absolute Gasteiger partial charge is 0.492 e. The number of benzene rings is 1. The minimum Gasteiger partial charge on any atom is -0.492 e. The first-order valence-corrected chi connectivity index (χ1v) is 8.88. The van der Waals surface area contributed by atoms with Crippen LogP contribution in [0.3, 0.4) is 0 Å². The molecule has 0 bridgehead atoms. The molecule has 1 amide bonds. The third kappa shape index (κ3) is 3.31. The van der Waals surface area contributed by atoms with Gasteiger partial charge in [-0.2, -0.15) is 0 Å². The van der Waals surface area contributed by atoms with E-state index in [1.807, 2.05) is 42.3 Å². The lowest BCUT2D eigenvalue weighted by Gasteiger charge is -2.38. The lowest BCUT2D eigenvalue weighted by Crippen LogP contribution is -2.51. The lowest BCUT2D eigenvalue weighted by atomic mass is 9.95. The molecule has 25 heavy (non-hydrogen) atoms. The van der Waals surface area contributed by atoms with Crippen LogP contribution < -0.4 is 9.64 Å². The van der Waals surface area contributed by atoms with Crippen LogP contribution in [0.25, 0.3) is 0 Å². The molecule has 2 aliphatic heterocycles. The number of ether oxygens (including phenoxy) is 1. The molecule has 5 nitrogen and oxygen atoms in total. The number of carbonyl (C=O) groups excluding carboxylic acids is 1. The zero-order chi connectivity index (χ0) is 17.2. The first-order valence-electron chi connectivity index (χ1n) is 8.88. The van der Waals surface area contributed by atoms with Crippen LogP contribution in [0.2, 0.25) is 0 Å². The molecule has 0 unspecified atom stereocenters. The van der Waals surface area contributed by atoms with Crippen molar-refractivity contribution in [2.75, 3.05) is 37.7 Å². The number of piperazine rings is 1. The second-order valence-corrected chi connectivity index (χ2v) is 6.79. The molecular weight excluding hydrogens is 314 g/mol. The van der Waals surface area contributed by atoms with Crippen LogP contribution >= 0.6 is 0 Å². The van der Waals surface area contributed by atoms with Gasteiger partial charge in [0, 0.05) is 43.8 Å². The minimum absolute atomic E-state index is 0.0652. The molecule has 0 spiro atoms. The van der Waals surface area contributed by atoms with Gasteiger partial charge >= 0.3 is 0 Å². The number of nitrogens with zero attached hydrogens (tertiary/aromatic N) is 3. The average Bonchev–Trinajstić information content (AvgIpc) is 2.67. The molecular formula is C20H23N3O2. The summed E-state index contributed by atoms with van der Waals surface area (Å²) in [5.41, 5.74) is 3.35. The first-order chi connectivity index (χ1) is 12.2. The molecule has 5 heteroatoms. The molecule has 1 aromatic carbocycles. The molecule has 3 heterocycles. The summed E-state index contributed by atoms with van der Waals surface area (Å²) in [6.45, 7) is 5.74. The Morgan fingerprint density at radius 3 is 2.76 bits per heavy atom. The number of aromatic nitrogens is 1. The van der Waals surface area contributed by atoms with Crippen LogP contribution in [0.15, 0.2) is 42.6 Å². The fraction of sp³-hybridized carbons (Fsp3) is 0.400. The molecule has 4 rings (SSSR count). The number of fused-ring (bicyclic) bond motifs is 1. The zero-order valence-corrected chi connectivity index (χ0v) is 14.5. The molecule has 130 valence electrons. The van der Waals surface area contributed by atoms with Gasteiger partial charge in [-0.25, -0.2) is 0 Å². The van der Waals surface area contributed by atoms with Gasteiger partial charge in [-0.05, 0) is 37.1 Å². The summed E-state index contributed by atoms with van der Waals surface area (Å²) in [5, 5.41) is 0. The zero-order valence-electron chi connectivity index (χ0n) is 14.5. The third-order valence-electron chi connectivity index (χ3n) is 5.06. The first kappa shape index (κ1) is 15.9. The van der Waals surface area contributed by atoms with Crippen molar-refractivity contribution in [3.05, 3.63) is 53.9 Å². The van der Waals surface area contributed by atoms with Gasteiger partial charge in [0.2, 0.25) is 5.91 Å². The standard InChI is InChI=1S/C20H23N3O2/c1-15-12-18(6-7-21-15)22-8-10-23(11-9-22)20(24)17-13-16-4-2-3-5-19(16)25-14-17/h2-7,12,17H,8-11,13-14H2,1H3/t17-/m0/s1. The van der Waals surface area contributed by atoms with Gasteiger partial charge in [-0.1, -0.05) is 18.2 Å². The SMILES string of the molecule is Cc1cc(N2CCN(C(=O)[C@@H]3COc4ccccc4C3)CC2)ccn1. The molecule has 0 radical (unpaired) electrons. The topological polar surface area (TPSA) is 45.7 Å². The number of anilines is 1. The number of amides is 1. The van der Waals surface area contributed by atoms with Crippen LogP contribution in [0.1, 0.15) is 11.3 Å². The summed E-state index contributed by atoms with van der Waals surface area (Å²) >= 11 is 0. The number of pyridine rings is 1. The highest BCUT2D eigenvalue weighted by atomic mass is 16.5. The van der Waals surface area contributed by atoms with Crippen LogP contribution in [-0.2, 0) is 11.2 Å². The van der Waals surface area contributed by atoms with Crippen molar-refractivity contribution in [3.8, 4) is 5.75 Å². The normalized spacial score (nSPS) is 20.0. The summed E-state index contributed by atoms with van der Waals surface area (Å²) in [4.78, 5) is 21.4. The number of hydrogen-bond donors (Lipinski definition) is 0. The highest BCUT2D eigenvalue weighted by Gasteiger charge is 2.31. The monoisotopic (exact) mass is 337 g/mol. The molecule has 1 aromatic heterocycles. The predicted molar refractivity (Wildman–Crippen MR) is 96.9 cm³/mol. The number of para-hydroxylation sites is 1. The summed E-state index contributed by atoms with van der Waals surface area (Å²) in [5.74, 6) is 1.08. The Kier molecular flexibility index (Phi) is 4.30. The molecule has 1 fully saturated rings. The molecule has 0 saturated carbocycles. The fourth-order valence-corrected chi connectivity index (χ4v) is 3.66. The Labute approximate surface area is 148 Å². The molecule has 0 N–H and O–H groups in total. The van der Waals surface area contributed by atoms with Crippen molar-refractivity contribution < 1.29 is 9.53 Å². The van der Waals surface area contributed by atoms with Crippen molar-refractivity contribution in [2.45, 2.75) is 13.3 Å². The number of aryl methyl sites for hydroxylation is 1. The molecule has 1 saturated heterocycles. The Bertz CT molecular complexity index is 769. The van der Waals surface area contributed by atoms with E-state index in [4.69, 9.17) is 4.74 Å². The van der Waals surface area contributed by atoms with E-state index in [0.29, 0.717) is 6.61 Å². The molecule has 0 aliphatic carbocycles.